The summed E-state index contributed by atoms with van der Waals surface area (Å²) < 4.78 is 4.65. The number of benzene rings is 1. The zero-order valence-electron chi connectivity index (χ0n) is 12.5. The monoisotopic (exact) mass is 278 g/mol. The second-order valence-corrected chi connectivity index (χ2v) is 4.68. The van der Waals surface area contributed by atoms with Crippen LogP contribution in [0.3, 0.4) is 0 Å². The minimum atomic E-state index is -0.423. The molecular formula is C15H22N2O3. The molecule has 20 heavy (non-hydrogen) atoms. The molecular weight excluding hydrogens is 256 g/mol. The third-order valence-corrected chi connectivity index (χ3v) is 2.94. The number of hydrogen-bond donors (Lipinski definition) is 1. The van der Waals surface area contributed by atoms with Crippen LogP contribution in [0, 0.1) is 0 Å². The summed E-state index contributed by atoms with van der Waals surface area (Å²) >= 11 is 0. The molecule has 5 heteroatoms. The van der Waals surface area contributed by atoms with Gasteiger partial charge in [0.1, 0.15) is 6.54 Å². The molecule has 1 N–H and O–H groups in total. The van der Waals surface area contributed by atoms with Gasteiger partial charge in [-0.1, -0.05) is 12.1 Å². The second kappa shape index (κ2) is 7.53. The molecule has 0 unspecified atom stereocenters. The average molecular weight is 278 g/mol. The van der Waals surface area contributed by atoms with Crippen LogP contribution in [-0.4, -0.2) is 43.0 Å². The summed E-state index contributed by atoms with van der Waals surface area (Å²) in [7, 11) is 1.32. The van der Waals surface area contributed by atoms with Crippen LogP contribution in [0.4, 0.5) is 5.69 Å². The van der Waals surface area contributed by atoms with Gasteiger partial charge < -0.3 is 15.0 Å². The number of anilines is 1. The van der Waals surface area contributed by atoms with E-state index in [9.17, 15) is 9.59 Å². The number of esters is 1. The number of carbonyl (C=O) groups is 2. The molecule has 110 valence electrons. The summed E-state index contributed by atoms with van der Waals surface area (Å²) in [6.45, 7) is 6.39. The van der Waals surface area contributed by atoms with Gasteiger partial charge in [-0.2, -0.15) is 0 Å². The third kappa shape index (κ3) is 3.98. The molecule has 0 aliphatic heterocycles. The van der Waals surface area contributed by atoms with Gasteiger partial charge in [-0.05, 0) is 32.9 Å². The minimum Gasteiger partial charge on any atom is -0.468 e. The number of ether oxygens (including phenoxy) is 1. The van der Waals surface area contributed by atoms with E-state index in [4.69, 9.17) is 0 Å². The average Bonchev–Trinajstić information content (AvgIpc) is 2.44. The number of nitrogens with zero attached hydrogens (tertiary/aromatic N) is 1. The lowest BCUT2D eigenvalue weighted by molar-refractivity contribution is -0.141. The fourth-order valence-corrected chi connectivity index (χ4v) is 1.86. The molecule has 0 spiro atoms. The van der Waals surface area contributed by atoms with Gasteiger partial charge in [-0.3, -0.25) is 9.59 Å². The van der Waals surface area contributed by atoms with Crippen LogP contribution in [0.15, 0.2) is 24.3 Å². The Morgan fingerprint density at radius 3 is 2.50 bits per heavy atom. The lowest BCUT2D eigenvalue weighted by atomic mass is 10.1. The summed E-state index contributed by atoms with van der Waals surface area (Å²) in [6, 6.07) is 7.20. The molecule has 0 aliphatic carbocycles. The summed E-state index contributed by atoms with van der Waals surface area (Å²) in [6.07, 6.45) is 0. The first-order valence-corrected chi connectivity index (χ1v) is 6.71. The number of hydrogen-bond acceptors (Lipinski definition) is 4. The van der Waals surface area contributed by atoms with Crippen molar-refractivity contribution in [3.63, 3.8) is 0 Å². The van der Waals surface area contributed by atoms with Crippen molar-refractivity contribution in [2.45, 2.75) is 26.8 Å². The molecule has 0 aliphatic rings. The zero-order valence-corrected chi connectivity index (χ0v) is 12.5. The topological polar surface area (TPSA) is 58.6 Å². The lowest BCUT2D eigenvalue weighted by Crippen LogP contribution is -2.41. The van der Waals surface area contributed by atoms with E-state index in [-0.39, 0.29) is 18.5 Å². The van der Waals surface area contributed by atoms with Crippen LogP contribution in [0.2, 0.25) is 0 Å². The Labute approximate surface area is 119 Å². The molecule has 0 saturated carbocycles. The first-order valence-electron chi connectivity index (χ1n) is 6.71. The smallest absolute Gasteiger partial charge is 0.325 e. The predicted molar refractivity (Wildman–Crippen MR) is 78.8 cm³/mol. The van der Waals surface area contributed by atoms with Crippen molar-refractivity contribution in [3.05, 3.63) is 29.8 Å². The van der Waals surface area contributed by atoms with Crippen molar-refractivity contribution in [1.82, 2.24) is 4.90 Å². The Morgan fingerprint density at radius 2 is 1.95 bits per heavy atom. The molecule has 0 atom stereocenters. The highest BCUT2D eigenvalue weighted by atomic mass is 16.5. The summed E-state index contributed by atoms with van der Waals surface area (Å²) in [5.41, 5.74) is 1.34. The van der Waals surface area contributed by atoms with Gasteiger partial charge in [-0.25, -0.2) is 0 Å². The van der Waals surface area contributed by atoms with Crippen LogP contribution in [0.5, 0.6) is 0 Å². The Hall–Kier alpha value is -2.04. The maximum absolute atomic E-state index is 12.6. The molecule has 1 aromatic carbocycles. The van der Waals surface area contributed by atoms with Crippen molar-refractivity contribution < 1.29 is 14.3 Å². The van der Waals surface area contributed by atoms with Crippen LogP contribution in [0.1, 0.15) is 31.1 Å². The first kappa shape index (κ1) is 16.0. The van der Waals surface area contributed by atoms with Gasteiger partial charge in [0, 0.05) is 18.3 Å². The second-order valence-electron chi connectivity index (χ2n) is 4.68. The first-order chi connectivity index (χ1) is 9.51. The Bertz CT molecular complexity index is 472. The van der Waals surface area contributed by atoms with E-state index in [1.165, 1.54) is 12.0 Å². The standard InChI is InChI=1S/C15H22N2O3/c1-5-16-13-9-7-6-8-12(13)15(19)17(11(2)3)10-14(18)20-4/h6-9,11,16H,5,10H2,1-4H3. The molecule has 0 heterocycles. The Balaban J connectivity index is 3.03. The highest BCUT2D eigenvalue weighted by molar-refractivity contribution is 6.01. The van der Waals surface area contributed by atoms with E-state index >= 15 is 0 Å². The highest BCUT2D eigenvalue weighted by Gasteiger charge is 2.23. The van der Waals surface area contributed by atoms with Crippen molar-refractivity contribution in [2.75, 3.05) is 25.5 Å². The zero-order chi connectivity index (χ0) is 15.1. The maximum Gasteiger partial charge on any atom is 0.325 e. The molecule has 0 bridgehead atoms. The van der Waals surface area contributed by atoms with E-state index in [1.54, 1.807) is 6.07 Å². The van der Waals surface area contributed by atoms with Gasteiger partial charge in [0.05, 0.1) is 12.7 Å². The fourth-order valence-electron chi connectivity index (χ4n) is 1.86. The van der Waals surface area contributed by atoms with E-state index in [0.29, 0.717) is 5.56 Å². The van der Waals surface area contributed by atoms with Gasteiger partial charge in [0.15, 0.2) is 0 Å². The van der Waals surface area contributed by atoms with Crippen LogP contribution >= 0.6 is 0 Å². The number of carbonyl (C=O) groups excluding carboxylic acids is 2. The quantitative estimate of drug-likeness (QED) is 0.810. The maximum atomic E-state index is 12.6. The van der Waals surface area contributed by atoms with E-state index in [2.05, 4.69) is 10.1 Å². The number of methoxy groups -OCH3 is 1. The SMILES string of the molecule is CCNc1ccccc1C(=O)N(CC(=O)OC)C(C)C. The molecule has 5 nitrogen and oxygen atoms in total. The third-order valence-electron chi connectivity index (χ3n) is 2.94. The highest BCUT2D eigenvalue weighted by Crippen LogP contribution is 2.18. The van der Waals surface area contributed by atoms with Gasteiger partial charge >= 0.3 is 5.97 Å². The van der Waals surface area contributed by atoms with E-state index in [1.807, 2.05) is 39.0 Å². The van der Waals surface area contributed by atoms with Gasteiger partial charge in [0.2, 0.25) is 0 Å². The molecule has 0 radical (unpaired) electrons. The molecule has 0 aromatic heterocycles. The molecule has 1 amide bonds. The number of rotatable bonds is 6. The predicted octanol–water partition coefficient (Wildman–Crippen LogP) is 2.14. The molecule has 0 saturated heterocycles. The van der Waals surface area contributed by atoms with Gasteiger partial charge in [0.25, 0.3) is 5.91 Å². The number of amides is 1. The summed E-state index contributed by atoms with van der Waals surface area (Å²) in [5, 5.41) is 3.15. The van der Waals surface area contributed by atoms with Crippen molar-refractivity contribution in [2.24, 2.45) is 0 Å². The fraction of sp³-hybridized carbons (Fsp3) is 0.467. The Kier molecular flexibility index (Phi) is 6.03. The summed E-state index contributed by atoms with van der Waals surface area (Å²) in [4.78, 5) is 25.6. The number of para-hydroxylation sites is 1. The van der Waals surface area contributed by atoms with Crippen LogP contribution < -0.4 is 5.32 Å². The molecule has 1 aromatic rings. The minimum absolute atomic E-state index is 0.0482. The van der Waals surface area contributed by atoms with Crippen LogP contribution in [0.25, 0.3) is 0 Å². The molecule has 1 rings (SSSR count). The van der Waals surface area contributed by atoms with Gasteiger partial charge in [-0.15, -0.1) is 0 Å². The Morgan fingerprint density at radius 1 is 1.30 bits per heavy atom. The largest absolute Gasteiger partial charge is 0.468 e. The lowest BCUT2D eigenvalue weighted by Gasteiger charge is -2.26. The molecule has 0 fully saturated rings. The number of nitrogens with one attached hydrogen (secondary N) is 1. The normalized spacial score (nSPS) is 10.2. The van der Waals surface area contributed by atoms with Crippen LogP contribution in [-0.2, 0) is 9.53 Å². The van der Waals surface area contributed by atoms with E-state index < -0.39 is 5.97 Å². The van der Waals surface area contributed by atoms with Crippen molar-refractivity contribution >= 4 is 17.6 Å². The van der Waals surface area contributed by atoms with Crippen molar-refractivity contribution in [1.29, 1.82) is 0 Å². The summed E-state index contributed by atoms with van der Waals surface area (Å²) in [5.74, 6) is -0.602. The van der Waals surface area contributed by atoms with Crippen molar-refractivity contribution in [3.8, 4) is 0 Å². The van der Waals surface area contributed by atoms with E-state index in [0.717, 1.165) is 12.2 Å².